The minimum Gasteiger partial charge on any atom is -0.508 e. The number of hydrogen-bond acceptors (Lipinski definition) is 1. The number of fused-ring (bicyclic) bond motifs is 4. The Bertz CT molecular complexity index is 693. The van der Waals surface area contributed by atoms with Gasteiger partial charge in [-0.05, 0) is 60.4 Å². The van der Waals surface area contributed by atoms with Crippen molar-refractivity contribution in [1.29, 1.82) is 0 Å². The predicted molar refractivity (Wildman–Crippen MR) is 76.9 cm³/mol. The lowest BCUT2D eigenvalue weighted by Crippen LogP contribution is -2.39. The molecule has 2 fully saturated rings. The van der Waals surface area contributed by atoms with E-state index in [-0.39, 0.29) is 0 Å². The van der Waals surface area contributed by atoms with E-state index in [4.69, 9.17) is 0 Å². The van der Waals surface area contributed by atoms with Crippen LogP contribution in [0.5, 0.6) is 5.75 Å². The molecule has 0 aromatic heterocycles. The first-order valence-electron chi connectivity index (χ1n) is 7.46. The maximum absolute atomic E-state index is 9.61. The summed E-state index contributed by atoms with van der Waals surface area (Å²) in [6.45, 7) is 2.49. The SMILES string of the molecule is C[C@@]12CCC[C@H]1[C@@H]1C=C=c3cc(O)ccc3=C1CC2. The molecule has 1 aromatic rings. The first-order valence-corrected chi connectivity index (χ1v) is 7.46. The highest BCUT2D eigenvalue weighted by atomic mass is 16.3. The molecule has 1 aromatic carbocycles. The smallest absolute Gasteiger partial charge is 0.116 e. The van der Waals surface area contributed by atoms with Crippen LogP contribution in [-0.2, 0) is 0 Å². The molecule has 0 aliphatic heterocycles. The van der Waals surface area contributed by atoms with E-state index in [9.17, 15) is 5.11 Å². The van der Waals surface area contributed by atoms with Crippen molar-refractivity contribution < 1.29 is 5.11 Å². The molecule has 0 radical (unpaired) electrons. The summed E-state index contributed by atoms with van der Waals surface area (Å²) in [5.41, 5.74) is 5.58. The highest BCUT2D eigenvalue weighted by Gasteiger charge is 2.46. The number of benzene rings is 1. The third kappa shape index (κ3) is 1.55. The van der Waals surface area contributed by atoms with E-state index in [1.54, 1.807) is 5.57 Å². The van der Waals surface area contributed by atoms with Crippen molar-refractivity contribution in [3.8, 4) is 5.75 Å². The molecule has 0 spiro atoms. The van der Waals surface area contributed by atoms with Gasteiger partial charge in [0.2, 0.25) is 0 Å². The Kier molecular flexibility index (Phi) is 2.26. The normalized spacial score (nSPS) is 35.3. The molecular formula is C18H20O. The van der Waals surface area contributed by atoms with Gasteiger partial charge in [0.1, 0.15) is 5.75 Å². The molecule has 1 N–H and O–H groups in total. The van der Waals surface area contributed by atoms with Gasteiger partial charge >= 0.3 is 0 Å². The van der Waals surface area contributed by atoms with Gasteiger partial charge in [-0.2, -0.15) is 0 Å². The molecule has 0 bridgehead atoms. The lowest BCUT2D eigenvalue weighted by atomic mass is 9.62. The van der Waals surface area contributed by atoms with Gasteiger partial charge in [0.05, 0.1) is 0 Å². The Morgan fingerprint density at radius 2 is 2.21 bits per heavy atom. The molecule has 0 unspecified atom stereocenters. The second kappa shape index (κ2) is 3.77. The van der Waals surface area contributed by atoms with E-state index in [0.717, 1.165) is 11.1 Å². The maximum Gasteiger partial charge on any atom is 0.116 e. The Morgan fingerprint density at radius 1 is 1.32 bits per heavy atom. The summed E-state index contributed by atoms with van der Waals surface area (Å²) in [6, 6.07) is 5.75. The van der Waals surface area contributed by atoms with Gasteiger partial charge in [-0.25, -0.2) is 0 Å². The van der Waals surface area contributed by atoms with Crippen molar-refractivity contribution in [3.63, 3.8) is 0 Å². The Morgan fingerprint density at radius 3 is 3.11 bits per heavy atom. The summed E-state index contributed by atoms with van der Waals surface area (Å²) in [7, 11) is 0. The van der Waals surface area contributed by atoms with Crippen molar-refractivity contribution in [3.05, 3.63) is 34.7 Å². The standard InChI is InChI=1S/C18H20O/c1-18-9-2-3-17(18)16-6-4-12-11-13(19)5-7-14(12)15(16)8-10-18/h5-7,11,16-17,19H,2-3,8-10H2,1H3/t16-,17+,18+/m1/s1. The van der Waals surface area contributed by atoms with Crippen LogP contribution in [-0.4, -0.2) is 5.11 Å². The van der Waals surface area contributed by atoms with Gasteiger partial charge < -0.3 is 5.11 Å². The van der Waals surface area contributed by atoms with E-state index >= 15 is 0 Å². The first kappa shape index (κ1) is 11.4. The summed E-state index contributed by atoms with van der Waals surface area (Å²) >= 11 is 0. The average molecular weight is 252 g/mol. The highest BCUT2D eigenvalue weighted by molar-refractivity contribution is 5.58. The molecule has 98 valence electrons. The third-order valence-corrected chi connectivity index (χ3v) is 5.73. The Balaban J connectivity index is 1.93. The van der Waals surface area contributed by atoms with Crippen LogP contribution in [0, 0.1) is 17.3 Å². The number of rotatable bonds is 0. The summed E-state index contributed by atoms with van der Waals surface area (Å²) in [6.07, 6.45) is 8.99. The number of phenols is 1. The average Bonchev–Trinajstić information content (AvgIpc) is 2.79. The second-order valence-corrected chi connectivity index (χ2v) is 6.74. The fraction of sp³-hybridized carbons (Fsp3) is 0.500. The van der Waals surface area contributed by atoms with Gasteiger partial charge in [-0.1, -0.05) is 25.0 Å². The van der Waals surface area contributed by atoms with Crippen LogP contribution < -0.4 is 10.4 Å². The quantitative estimate of drug-likeness (QED) is 0.752. The number of hydrogen-bond donors (Lipinski definition) is 1. The zero-order valence-electron chi connectivity index (χ0n) is 11.4. The molecule has 1 heteroatoms. The van der Waals surface area contributed by atoms with Crippen molar-refractivity contribution in [1.82, 2.24) is 0 Å². The molecule has 1 nitrogen and oxygen atoms in total. The maximum atomic E-state index is 9.61. The zero-order chi connectivity index (χ0) is 13.0. The van der Waals surface area contributed by atoms with Crippen LogP contribution in [0.4, 0.5) is 0 Å². The van der Waals surface area contributed by atoms with Crippen LogP contribution in [0.1, 0.15) is 39.0 Å². The number of aromatic hydroxyl groups is 1. The summed E-state index contributed by atoms with van der Waals surface area (Å²) in [5.74, 6) is 1.75. The minimum atomic E-state index is 0.347. The van der Waals surface area contributed by atoms with Gasteiger partial charge in [0, 0.05) is 11.1 Å². The van der Waals surface area contributed by atoms with Gasteiger partial charge in [0.15, 0.2) is 0 Å². The van der Waals surface area contributed by atoms with E-state index in [1.165, 1.54) is 37.3 Å². The summed E-state index contributed by atoms with van der Waals surface area (Å²) in [5, 5.41) is 12.0. The van der Waals surface area contributed by atoms with Gasteiger partial charge in [0.25, 0.3) is 0 Å². The fourth-order valence-corrected chi connectivity index (χ4v) is 4.66. The van der Waals surface area contributed by atoms with Gasteiger partial charge in [-0.3, -0.25) is 0 Å². The van der Waals surface area contributed by atoms with Crippen LogP contribution >= 0.6 is 0 Å². The van der Waals surface area contributed by atoms with E-state index in [2.05, 4.69) is 24.8 Å². The number of phenolic OH excluding ortho intramolecular Hbond substituents is 1. The molecule has 2 saturated carbocycles. The summed E-state index contributed by atoms with van der Waals surface area (Å²) < 4.78 is 0. The van der Waals surface area contributed by atoms with Gasteiger partial charge in [-0.15, -0.1) is 5.73 Å². The molecular weight excluding hydrogens is 232 g/mol. The molecule has 3 atom stereocenters. The van der Waals surface area contributed by atoms with E-state index in [1.807, 2.05) is 12.1 Å². The Labute approximate surface area is 114 Å². The number of allylic oxidation sites excluding steroid dienone is 1. The summed E-state index contributed by atoms with van der Waals surface area (Å²) in [4.78, 5) is 0. The molecule has 19 heavy (non-hydrogen) atoms. The molecule has 3 aliphatic rings. The molecule has 3 aliphatic carbocycles. The monoisotopic (exact) mass is 252 g/mol. The Hall–Kier alpha value is -1.46. The predicted octanol–water partition coefficient (Wildman–Crippen LogP) is 2.71. The van der Waals surface area contributed by atoms with E-state index in [0.29, 0.717) is 17.1 Å². The van der Waals surface area contributed by atoms with Crippen molar-refractivity contribution in [2.75, 3.05) is 0 Å². The lowest BCUT2D eigenvalue weighted by Gasteiger charge is -2.42. The molecule has 0 saturated heterocycles. The molecule has 0 amide bonds. The first-order chi connectivity index (χ1) is 9.17. The van der Waals surface area contributed by atoms with Crippen molar-refractivity contribution in [2.45, 2.75) is 39.0 Å². The fourth-order valence-electron chi connectivity index (χ4n) is 4.66. The second-order valence-electron chi connectivity index (χ2n) is 6.74. The zero-order valence-corrected chi connectivity index (χ0v) is 11.4. The minimum absolute atomic E-state index is 0.347. The van der Waals surface area contributed by atoms with Crippen LogP contribution in [0.15, 0.2) is 24.3 Å². The van der Waals surface area contributed by atoms with Crippen molar-refractivity contribution in [2.24, 2.45) is 17.3 Å². The van der Waals surface area contributed by atoms with Crippen LogP contribution in [0.2, 0.25) is 0 Å². The lowest BCUT2D eigenvalue weighted by molar-refractivity contribution is 0.165. The third-order valence-electron chi connectivity index (χ3n) is 5.73. The van der Waals surface area contributed by atoms with Crippen LogP contribution in [0.25, 0.3) is 11.3 Å². The highest BCUT2D eigenvalue weighted by Crippen LogP contribution is 2.56. The van der Waals surface area contributed by atoms with E-state index < -0.39 is 0 Å². The topological polar surface area (TPSA) is 20.2 Å². The molecule has 0 heterocycles. The molecule has 4 rings (SSSR count). The van der Waals surface area contributed by atoms with Crippen LogP contribution in [0.3, 0.4) is 0 Å². The largest absolute Gasteiger partial charge is 0.508 e. The van der Waals surface area contributed by atoms with Crippen molar-refractivity contribution >= 4 is 11.3 Å².